The minimum absolute atomic E-state index is 0.0830. The fourth-order valence-electron chi connectivity index (χ4n) is 8.93. The Morgan fingerprint density at radius 1 is 1.10 bits per heavy atom. The number of halogens is 1. The van der Waals surface area contributed by atoms with Gasteiger partial charge in [0.05, 0.1) is 23.6 Å². The highest BCUT2D eigenvalue weighted by Crippen LogP contribution is 2.62. The lowest BCUT2D eigenvalue weighted by atomic mass is 9.48. The topological polar surface area (TPSA) is 100 Å². The van der Waals surface area contributed by atoms with Gasteiger partial charge in [-0.2, -0.15) is 0 Å². The quantitative estimate of drug-likeness (QED) is 0.236. The van der Waals surface area contributed by atoms with Gasteiger partial charge >= 0.3 is 0 Å². The van der Waals surface area contributed by atoms with Gasteiger partial charge in [0.1, 0.15) is 23.1 Å². The van der Waals surface area contributed by atoms with Gasteiger partial charge in [0.15, 0.2) is 5.82 Å². The average molecular weight is 649 g/mol. The summed E-state index contributed by atoms with van der Waals surface area (Å²) in [5, 5.41) is 1.42. The van der Waals surface area contributed by atoms with E-state index in [-0.39, 0.29) is 47.0 Å². The number of aromatic nitrogens is 4. The van der Waals surface area contributed by atoms with E-state index < -0.39 is 5.82 Å². The number of hydrogen-bond acceptors (Lipinski definition) is 7. The molecule has 4 fully saturated rings. The van der Waals surface area contributed by atoms with Crippen LogP contribution in [0.4, 0.5) is 4.39 Å². The zero-order valence-electron chi connectivity index (χ0n) is 27.6. The summed E-state index contributed by atoms with van der Waals surface area (Å²) >= 11 is 0. The molecule has 1 saturated heterocycles. The zero-order chi connectivity index (χ0) is 32.8. The third-order valence-corrected chi connectivity index (χ3v) is 11.8. The lowest BCUT2D eigenvalue weighted by Gasteiger charge is -2.64. The molecule has 2 bridgehead atoms. The number of rotatable bonds is 7. The molecular weight excluding hydrogens is 607 g/mol. The van der Waals surface area contributed by atoms with Crippen molar-refractivity contribution in [2.45, 2.75) is 76.2 Å². The van der Waals surface area contributed by atoms with Crippen molar-refractivity contribution in [2.75, 3.05) is 20.2 Å². The SMILES string of the molecule is C[C@H](Oc1nc2c(F)c(-c3cccc4c3OCCC4)ncc2c2c1cc([C@@H](C)n1ccccc1=O)n2C1C2C[C@@H]1C2N)[C@@H]1CCCN1C. The summed E-state index contributed by atoms with van der Waals surface area (Å²) in [6.45, 7) is 5.73. The first-order valence-corrected chi connectivity index (χ1v) is 17.4. The van der Waals surface area contributed by atoms with Crippen molar-refractivity contribution in [2.24, 2.45) is 17.6 Å². The molecule has 48 heavy (non-hydrogen) atoms. The summed E-state index contributed by atoms with van der Waals surface area (Å²) in [6.07, 6.45) is 8.42. The normalized spacial score (nSPS) is 26.1. The van der Waals surface area contributed by atoms with Crippen LogP contribution in [0.25, 0.3) is 33.1 Å². The fraction of sp³-hybridized carbons (Fsp3) is 0.447. The van der Waals surface area contributed by atoms with Crippen LogP contribution in [0.1, 0.15) is 62.9 Å². The molecule has 5 aliphatic rings. The molecule has 3 unspecified atom stereocenters. The van der Waals surface area contributed by atoms with E-state index in [9.17, 15) is 4.79 Å². The highest BCUT2D eigenvalue weighted by Gasteiger charge is 2.61. The molecule has 3 saturated carbocycles. The molecule has 3 aliphatic carbocycles. The Hall–Kier alpha value is -4.28. The molecule has 1 aromatic carbocycles. The Morgan fingerprint density at radius 3 is 2.71 bits per heavy atom. The van der Waals surface area contributed by atoms with Crippen molar-refractivity contribution < 1.29 is 13.9 Å². The second-order valence-corrected chi connectivity index (χ2v) is 14.3. The monoisotopic (exact) mass is 648 g/mol. The van der Waals surface area contributed by atoms with Gasteiger partial charge < -0.3 is 24.3 Å². The number of hydrogen-bond donors (Lipinski definition) is 1. The number of para-hydroxylation sites is 1. The Kier molecular flexibility index (Phi) is 6.92. The highest BCUT2D eigenvalue weighted by atomic mass is 19.1. The summed E-state index contributed by atoms with van der Waals surface area (Å²) in [5.41, 5.74) is 10.4. The molecular formula is C38H41FN6O3. The molecule has 5 aromatic rings. The molecule has 4 aromatic heterocycles. The summed E-state index contributed by atoms with van der Waals surface area (Å²) in [5.74, 6) is 1.23. The number of pyridine rings is 3. The molecule has 10 rings (SSSR count). The second kappa shape index (κ2) is 11.1. The Morgan fingerprint density at radius 2 is 1.96 bits per heavy atom. The van der Waals surface area contributed by atoms with Crippen molar-refractivity contribution in [3.05, 3.63) is 82.3 Å². The maximum absolute atomic E-state index is 17.1. The van der Waals surface area contributed by atoms with Gasteiger partial charge in [-0.1, -0.05) is 18.2 Å². The Labute approximate surface area is 278 Å². The van der Waals surface area contributed by atoms with Crippen molar-refractivity contribution in [1.82, 2.24) is 24.0 Å². The predicted octanol–water partition coefficient (Wildman–Crippen LogP) is 5.87. The van der Waals surface area contributed by atoms with Gasteiger partial charge in [0, 0.05) is 53.2 Å². The van der Waals surface area contributed by atoms with Crippen molar-refractivity contribution in [1.29, 1.82) is 0 Å². The van der Waals surface area contributed by atoms with Gasteiger partial charge in [0.25, 0.3) is 5.56 Å². The van der Waals surface area contributed by atoms with Gasteiger partial charge in [-0.25, -0.2) is 9.37 Å². The van der Waals surface area contributed by atoms with E-state index in [2.05, 4.69) is 29.5 Å². The minimum atomic E-state index is -0.496. The smallest absolute Gasteiger partial charge is 0.251 e. The van der Waals surface area contributed by atoms with Gasteiger partial charge in [-0.15, -0.1) is 0 Å². The van der Waals surface area contributed by atoms with Crippen LogP contribution in [0.5, 0.6) is 11.6 Å². The Balaban J connectivity index is 1.30. The zero-order valence-corrected chi connectivity index (χ0v) is 27.6. The lowest BCUT2D eigenvalue weighted by molar-refractivity contribution is -0.0952. The molecule has 7 atom stereocenters. The number of nitrogens with zero attached hydrogens (tertiary/aromatic N) is 5. The van der Waals surface area contributed by atoms with Crippen molar-refractivity contribution in [3.8, 4) is 22.9 Å². The number of nitrogens with two attached hydrogens (primary N) is 1. The lowest BCUT2D eigenvalue weighted by Crippen LogP contribution is -2.68. The molecule has 0 spiro atoms. The van der Waals surface area contributed by atoms with E-state index in [1.165, 1.54) is 0 Å². The average Bonchev–Trinajstić information content (AvgIpc) is 3.68. The molecule has 0 radical (unpaired) electrons. The molecule has 9 nitrogen and oxygen atoms in total. The van der Waals surface area contributed by atoms with Crippen LogP contribution < -0.4 is 20.8 Å². The van der Waals surface area contributed by atoms with Crippen LogP contribution in [-0.4, -0.2) is 62.4 Å². The highest BCUT2D eigenvalue weighted by molar-refractivity contribution is 6.07. The van der Waals surface area contributed by atoms with Crippen LogP contribution in [0.2, 0.25) is 0 Å². The van der Waals surface area contributed by atoms with Gasteiger partial charge in [-0.3, -0.25) is 14.7 Å². The fourth-order valence-corrected chi connectivity index (χ4v) is 8.93. The second-order valence-electron chi connectivity index (χ2n) is 14.3. The number of likely N-dealkylation sites (tertiary alicyclic amines) is 1. The first kappa shape index (κ1) is 29.8. The molecule has 2 N–H and O–H groups in total. The minimum Gasteiger partial charge on any atom is -0.493 e. The van der Waals surface area contributed by atoms with Crippen LogP contribution in [0.15, 0.2) is 59.7 Å². The molecule has 0 amide bonds. The Bertz CT molecular complexity index is 2130. The predicted molar refractivity (Wildman–Crippen MR) is 183 cm³/mol. The maximum atomic E-state index is 17.1. The first-order chi connectivity index (χ1) is 23.3. The summed E-state index contributed by atoms with van der Waals surface area (Å²) < 4.78 is 34.0. The van der Waals surface area contributed by atoms with Gasteiger partial charge in [-0.05, 0) is 95.1 Å². The molecule has 248 valence electrons. The van der Waals surface area contributed by atoms with Crippen LogP contribution >= 0.6 is 0 Å². The molecule has 6 heterocycles. The van der Waals surface area contributed by atoms with Crippen molar-refractivity contribution in [3.63, 3.8) is 0 Å². The van der Waals surface area contributed by atoms with E-state index in [4.69, 9.17) is 25.2 Å². The van der Waals surface area contributed by atoms with E-state index in [0.29, 0.717) is 41.0 Å². The van der Waals surface area contributed by atoms with E-state index >= 15 is 4.39 Å². The van der Waals surface area contributed by atoms with E-state index in [1.54, 1.807) is 22.9 Å². The largest absolute Gasteiger partial charge is 0.493 e. The number of benzene rings is 1. The summed E-state index contributed by atoms with van der Waals surface area (Å²) in [4.78, 5) is 25.2. The number of ether oxygens (including phenoxy) is 2. The van der Waals surface area contributed by atoms with Gasteiger partial charge in [0.2, 0.25) is 5.88 Å². The van der Waals surface area contributed by atoms with Crippen LogP contribution in [0, 0.1) is 17.7 Å². The maximum Gasteiger partial charge on any atom is 0.251 e. The van der Waals surface area contributed by atoms with E-state index in [1.807, 2.05) is 37.4 Å². The number of fused-ring (bicyclic) bond motifs is 4. The third-order valence-electron chi connectivity index (χ3n) is 11.8. The number of aryl methyl sites for hydroxylation is 1. The summed E-state index contributed by atoms with van der Waals surface area (Å²) in [6, 6.07) is 13.4. The van der Waals surface area contributed by atoms with Crippen molar-refractivity contribution >= 4 is 21.8 Å². The molecule has 10 heteroatoms. The van der Waals surface area contributed by atoms with Crippen LogP contribution in [-0.2, 0) is 6.42 Å². The number of likely N-dealkylation sites (N-methyl/N-ethyl adjacent to an activating group) is 1. The van der Waals surface area contributed by atoms with Crippen LogP contribution in [0.3, 0.4) is 0 Å². The standard InChI is InChI=1S/C38H41FN6O3/c1-20(44-15-5-4-13-30(44)46)29-18-26-36(45(29)35-24-17-25(35)32(24)40)27-19-41-33(23-11-6-9-22-10-8-16-47-37(22)23)31(39)34(27)42-38(26)48-21(2)28-12-7-14-43(28)3/h4-6,9,11,13,15,18-21,24-25,28,32,35H,7-8,10,12,14,16-17,40H2,1-3H3/t20-,21+,24-,25?,28+,32?,35?/m1/s1. The summed E-state index contributed by atoms with van der Waals surface area (Å²) in [7, 11) is 2.13. The molecule has 2 aliphatic heterocycles. The van der Waals surface area contributed by atoms with E-state index in [0.717, 1.165) is 60.8 Å². The third kappa shape index (κ3) is 4.31. The first-order valence-electron chi connectivity index (χ1n) is 17.4.